The second kappa shape index (κ2) is 9.48. The Balaban J connectivity index is 2.17. The Bertz CT molecular complexity index is 992. The molecule has 0 fully saturated rings. The fourth-order valence-electron chi connectivity index (χ4n) is 2.53. The van der Waals surface area contributed by atoms with Gasteiger partial charge < -0.3 is 14.8 Å². The van der Waals surface area contributed by atoms with Gasteiger partial charge in [-0.2, -0.15) is 4.31 Å². The van der Waals surface area contributed by atoms with Crippen LogP contribution >= 0.6 is 0 Å². The van der Waals surface area contributed by atoms with E-state index in [4.69, 9.17) is 4.74 Å². The zero-order valence-electron chi connectivity index (χ0n) is 16.1. The van der Waals surface area contributed by atoms with E-state index in [9.17, 15) is 22.4 Å². The highest BCUT2D eigenvalue weighted by molar-refractivity contribution is 7.89. The van der Waals surface area contributed by atoms with Crippen LogP contribution in [0.2, 0.25) is 0 Å². The number of nitrogens with one attached hydrogen (secondary N) is 1. The molecule has 0 radical (unpaired) electrons. The van der Waals surface area contributed by atoms with Crippen molar-refractivity contribution in [1.29, 1.82) is 0 Å². The number of benzene rings is 2. The number of likely N-dealkylation sites (N-methyl/N-ethyl adjacent to an activating group) is 1. The van der Waals surface area contributed by atoms with Gasteiger partial charge in [-0.3, -0.25) is 4.79 Å². The zero-order chi connectivity index (χ0) is 21.6. The van der Waals surface area contributed by atoms with Gasteiger partial charge in [0.1, 0.15) is 16.5 Å². The van der Waals surface area contributed by atoms with E-state index in [0.717, 1.165) is 16.4 Å². The highest BCUT2D eigenvalue weighted by Crippen LogP contribution is 2.27. The normalized spacial score (nSPS) is 11.2. The predicted molar refractivity (Wildman–Crippen MR) is 104 cm³/mol. The van der Waals surface area contributed by atoms with Crippen LogP contribution in [0.5, 0.6) is 5.75 Å². The van der Waals surface area contributed by atoms with Crippen LogP contribution in [-0.4, -0.2) is 51.9 Å². The summed E-state index contributed by atoms with van der Waals surface area (Å²) in [5.74, 6) is -1.88. The molecule has 8 nitrogen and oxygen atoms in total. The summed E-state index contributed by atoms with van der Waals surface area (Å²) >= 11 is 0. The van der Waals surface area contributed by atoms with Crippen molar-refractivity contribution in [3.63, 3.8) is 0 Å². The van der Waals surface area contributed by atoms with Crippen molar-refractivity contribution in [2.24, 2.45) is 0 Å². The van der Waals surface area contributed by atoms with Crippen LogP contribution < -0.4 is 10.1 Å². The maximum Gasteiger partial charge on any atom is 0.337 e. The molecule has 0 saturated heterocycles. The Morgan fingerprint density at radius 3 is 2.31 bits per heavy atom. The topological polar surface area (TPSA) is 102 Å². The zero-order valence-corrected chi connectivity index (χ0v) is 17.0. The number of halogens is 1. The van der Waals surface area contributed by atoms with E-state index >= 15 is 0 Å². The number of nitrogens with zero attached hydrogens (tertiary/aromatic N) is 1. The van der Waals surface area contributed by atoms with Crippen LogP contribution in [0, 0.1) is 5.82 Å². The van der Waals surface area contributed by atoms with Crippen molar-refractivity contribution in [3.05, 3.63) is 53.8 Å². The number of sulfonamides is 1. The molecule has 0 heterocycles. The third-order valence-electron chi connectivity index (χ3n) is 4.01. The van der Waals surface area contributed by atoms with E-state index in [1.54, 1.807) is 6.92 Å². The number of carbonyl (C=O) groups excluding carboxylic acids is 2. The van der Waals surface area contributed by atoms with Gasteiger partial charge in [-0.05, 0) is 42.5 Å². The molecule has 2 aromatic carbocycles. The van der Waals surface area contributed by atoms with E-state index in [0.29, 0.717) is 11.3 Å². The van der Waals surface area contributed by atoms with Crippen molar-refractivity contribution in [2.45, 2.75) is 11.8 Å². The van der Waals surface area contributed by atoms with Gasteiger partial charge >= 0.3 is 5.97 Å². The maximum atomic E-state index is 13.6. The fraction of sp³-hybridized carbons (Fsp3) is 0.263. The van der Waals surface area contributed by atoms with E-state index in [-0.39, 0.29) is 17.2 Å². The standard InChI is InChI=1S/C19H21FN2O6S/c1-4-22(29(25,26)17-11-14(20)7-10-16(17)27-2)12-18(23)21-15-8-5-13(6-9-15)19(24)28-3/h5-11H,4,12H2,1-3H3,(H,21,23). The molecule has 0 aromatic heterocycles. The van der Waals surface area contributed by atoms with Gasteiger partial charge in [0.2, 0.25) is 15.9 Å². The quantitative estimate of drug-likeness (QED) is 0.653. The van der Waals surface area contributed by atoms with E-state index in [1.165, 1.54) is 44.6 Å². The molecule has 0 aliphatic rings. The molecule has 1 amide bonds. The number of anilines is 1. The van der Waals surface area contributed by atoms with E-state index in [1.807, 2.05) is 0 Å². The number of rotatable bonds is 8. The molecule has 0 aliphatic carbocycles. The van der Waals surface area contributed by atoms with Crippen molar-refractivity contribution < 1.29 is 31.9 Å². The molecule has 0 bridgehead atoms. The first-order valence-electron chi connectivity index (χ1n) is 8.54. The van der Waals surface area contributed by atoms with Crippen molar-refractivity contribution in [2.75, 3.05) is 32.6 Å². The number of amides is 1. The number of carbonyl (C=O) groups is 2. The molecule has 0 saturated carbocycles. The lowest BCUT2D eigenvalue weighted by Crippen LogP contribution is -2.38. The van der Waals surface area contributed by atoms with Crippen LogP contribution in [0.3, 0.4) is 0 Å². The Morgan fingerprint density at radius 1 is 1.10 bits per heavy atom. The molecule has 0 aliphatic heterocycles. The SMILES string of the molecule is CCN(CC(=O)Nc1ccc(C(=O)OC)cc1)S(=O)(=O)c1cc(F)ccc1OC. The van der Waals surface area contributed by atoms with Crippen LogP contribution in [0.15, 0.2) is 47.4 Å². The lowest BCUT2D eigenvalue weighted by Gasteiger charge is -2.21. The van der Waals surface area contributed by atoms with Gasteiger partial charge in [0.15, 0.2) is 0 Å². The minimum Gasteiger partial charge on any atom is -0.495 e. The van der Waals surface area contributed by atoms with Crippen LogP contribution in [-0.2, 0) is 19.6 Å². The molecule has 2 rings (SSSR count). The molecular weight excluding hydrogens is 403 g/mol. The summed E-state index contributed by atoms with van der Waals surface area (Å²) in [6.07, 6.45) is 0. The van der Waals surface area contributed by atoms with Gasteiger partial charge in [-0.1, -0.05) is 6.92 Å². The Hall–Kier alpha value is -2.98. The monoisotopic (exact) mass is 424 g/mol. The van der Waals surface area contributed by atoms with Gasteiger partial charge in [-0.15, -0.1) is 0 Å². The lowest BCUT2D eigenvalue weighted by atomic mass is 10.2. The minimum absolute atomic E-state index is 0.0172. The second-order valence-electron chi connectivity index (χ2n) is 5.84. The first-order valence-corrected chi connectivity index (χ1v) is 9.98. The van der Waals surface area contributed by atoms with Crippen molar-refractivity contribution in [3.8, 4) is 5.75 Å². The lowest BCUT2D eigenvalue weighted by molar-refractivity contribution is -0.116. The highest BCUT2D eigenvalue weighted by Gasteiger charge is 2.29. The predicted octanol–water partition coefficient (Wildman–Crippen LogP) is 2.27. The number of hydrogen-bond acceptors (Lipinski definition) is 6. The summed E-state index contributed by atoms with van der Waals surface area (Å²) in [6.45, 7) is 1.05. The number of methoxy groups -OCH3 is 2. The van der Waals surface area contributed by atoms with Gasteiger partial charge in [-0.25, -0.2) is 17.6 Å². The van der Waals surface area contributed by atoms with Crippen LogP contribution in [0.4, 0.5) is 10.1 Å². The largest absolute Gasteiger partial charge is 0.495 e. The Labute approximate surface area is 168 Å². The Kier molecular flexibility index (Phi) is 7.29. The molecule has 156 valence electrons. The molecule has 10 heteroatoms. The molecule has 0 spiro atoms. The molecule has 0 atom stereocenters. The number of ether oxygens (including phenoxy) is 2. The van der Waals surface area contributed by atoms with E-state index < -0.39 is 34.3 Å². The summed E-state index contributed by atoms with van der Waals surface area (Å²) < 4.78 is 49.9. The number of esters is 1. The number of hydrogen-bond donors (Lipinski definition) is 1. The third-order valence-corrected chi connectivity index (χ3v) is 5.95. The summed E-state index contributed by atoms with van der Waals surface area (Å²) in [5.41, 5.74) is 0.681. The van der Waals surface area contributed by atoms with Crippen LogP contribution in [0.25, 0.3) is 0 Å². The third kappa shape index (κ3) is 5.30. The Morgan fingerprint density at radius 2 is 1.76 bits per heavy atom. The van der Waals surface area contributed by atoms with Crippen LogP contribution in [0.1, 0.15) is 17.3 Å². The van der Waals surface area contributed by atoms with Crippen molar-refractivity contribution in [1.82, 2.24) is 4.31 Å². The summed E-state index contributed by atoms with van der Waals surface area (Å²) in [6, 6.07) is 9.05. The summed E-state index contributed by atoms with van der Waals surface area (Å²) in [7, 11) is -1.65. The molecule has 1 N–H and O–H groups in total. The molecular formula is C19H21FN2O6S. The maximum absolute atomic E-state index is 13.6. The summed E-state index contributed by atoms with van der Waals surface area (Å²) in [4.78, 5) is 23.4. The average molecular weight is 424 g/mol. The second-order valence-corrected chi connectivity index (χ2v) is 7.75. The molecule has 2 aromatic rings. The van der Waals surface area contributed by atoms with Gasteiger partial charge in [0.05, 0.1) is 26.3 Å². The first kappa shape index (κ1) is 22.3. The first-order chi connectivity index (χ1) is 13.7. The van der Waals surface area contributed by atoms with E-state index in [2.05, 4.69) is 10.1 Å². The summed E-state index contributed by atoms with van der Waals surface area (Å²) in [5, 5.41) is 2.55. The van der Waals surface area contributed by atoms with Gasteiger partial charge in [0, 0.05) is 12.2 Å². The smallest absolute Gasteiger partial charge is 0.337 e. The highest BCUT2D eigenvalue weighted by atomic mass is 32.2. The molecule has 29 heavy (non-hydrogen) atoms. The fourth-order valence-corrected chi connectivity index (χ4v) is 4.10. The molecule has 0 unspecified atom stereocenters. The average Bonchev–Trinajstić information content (AvgIpc) is 2.71. The van der Waals surface area contributed by atoms with Crippen molar-refractivity contribution >= 4 is 27.6 Å². The van der Waals surface area contributed by atoms with Gasteiger partial charge in [0.25, 0.3) is 0 Å². The minimum atomic E-state index is -4.18.